The highest BCUT2D eigenvalue weighted by molar-refractivity contribution is 5.87. The van der Waals surface area contributed by atoms with Crippen LogP contribution in [0.2, 0.25) is 0 Å². The van der Waals surface area contributed by atoms with Crippen LogP contribution in [0.5, 0.6) is 0 Å². The molecule has 32 heavy (non-hydrogen) atoms. The first-order valence-corrected chi connectivity index (χ1v) is 9.86. The molecule has 0 unspecified atom stereocenters. The largest absolute Gasteiger partial charge is 0.444 e. The van der Waals surface area contributed by atoms with E-state index in [1.54, 1.807) is 65.8 Å². The maximum absolute atomic E-state index is 12.1. The van der Waals surface area contributed by atoms with Crippen molar-refractivity contribution in [1.29, 1.82) is 5.26 Å². The summed E-state index contributed by atoms with van der Waals surface area (Å²) in [6, 6.07) is 8.41. The number of nitrogens with one attached hydrogen (secondary N) is 2. The molecule has 8 nitrogen and oxygen atoms in total. The summed E-state index contributed by atoms with van der Waals surface area (Å²) < 4.78 is 10.5. The molecule has 8 heteroatoms. The molecule has 1 aromatic heterocycles. The van der Waals surface area contributed by atoms with Gasteiger partial charge in [0.15, 0.2) is 0 Å². The van der Waals surface area contributed by atoms with E-state index in [2.05, 4.69) is 27.5 Å². The normalized spacial score (nSPS) is 10.8. The number of benzene rings is 1. The smallest absolute Gasteiger partial charge is 0.412 e. The van der Waals surface area contributed by atoms with Gasteiger partial charge in [0, 0.05) is 17.3 Å². The van der Waals surface area contributed by atoms with E-state index in [0.717, 1.165) is 0 Å². The fourth-order valence-corrected chi connectivity index (χ4v) is 2.38. The molecule has 1 heterocycles. The van der Waals surface area contributed by atoms with Crippen LogP contribution in [0.25, 0.3) is 0 Å². The van der Waals surface area contributed by atoms with Gasteiger partial charge in [0.05, 0.1) is 29.2 Å². The highest BCUT2D eigenvalue weighted by atomic mass is 16.6. The molecule has 0 aliphatic rings. The Morgan fingerprint density at radius 3 is 2.09 bits per heavy atom. The summed E-state index contributed by atoms with van der Waals surface area (Å²) in [5.41, 5.74) is 0.881. The number of aromatic nitrogens is 1. The van der Waals surface area contributed by atoms with E-state index in [9.17, 15) is 14.9 Å². The lowest BCUT2D eigenvalue weighted by atomic mass is 10.1. The minimum Gasteiger partial charge on any atom is -0.444 e. The lowest BCUT2D eigenvalue weighted by Gasteiger charge is -2.20. The van der Waals surface area contributed by atoms with Crippen molar-refractivity contribution in [3.8, 4) is 17.9 Å². The monoisotopic (exact) mass is 434 g/mol. The van der Waals surface area contributed by atoms with E-state index in [4.69, 9.17) is 9.47 Å². The molecule has 0 saturated carbocycles. The molecular formula is C24H26N4O4. The molecule has 166 valence electrons. The number of ether oxygens (including phenoxy) is 2. The molecular weight excluding hydrogens is 408 g/mol. The number of carbonyl (C=O) groups excluding carboxylic acids is 2. The zero-order valence-electron chi connectivity index (χ0n) is 19.0. The zero-order valence-corrected chi connectivity index (χ0v) is 19.0. The molecule has 1 aromatic carbocycles. The van der Waals surface area contributed by atoms with E-state index >= 15 is 0 Å². The molecule has 0 atom stereocenters. The van der Waals surface area contributed by atoms with Crippen LogP contribution in [0.1, 0.15) is 58.2 Å². The Kier molecular flexibility index (Phi) is 7.45. The fraction of sp³-hybridized carbons (Fsp3) is 0.333. The maximum atomic E-state index is 12.1. The van der Waals surface area contributed by atoms with Gasteiger partial charge in [-0.3, -0.25) is 15.6 Å². The first-order chi connectivity index (χ1) is 14.8. The summed E-state index contributed by atoms with van der Waals surface area (Å²) in [7, 11) is 0. The standard InChI is InChI=1S/C24H26N4O4/c1-23(2,3)31-21(29)27-19-12-17(14-26-15-19)7-9-18-11-16(13-25)8-10-20(18)28-22(30)32-24(4,5)6/h8,10-12,14-15H,1-6H3,(H,27,29)(H,28,30). The van der Waals surface area contributed by atoms with Gasteiger partial charge in [0.2, 0.25) is 0 Å². The van der Waals surface area contributed by atoms with Crippen LogP contribution in [0.15, 0.2) is 36.7 Å². The second-order valence-corrected chi connectivity index (χ2v) is 8.84. The van der Waals surface area contributed by atoms with Crippen molar-refractivity contribution in [3.63, 3.8) is 0 Å². The molecule has 0 bridgehead atoms. The molecule has 2 N–H and O–H groups in total. The highest BCUT2D eigenvalue weighted by Gasteiger charge is 2.18. The van der Waals surface area contributed by atoms with Crippen LogP contribution in [0.3, 0.4) is 0 Å². The van der Waals surface area contributed by atoms with Crippen molar-refractivity contribution in [2.45, 2.75) is 52.7 Å². The third-order valence-corrected chi connectivity index (χ3v) is 3.51. The third kappa shape index (κ3) is 8.37. The number of anilines is 2. The van der Waals surface area contributed by atoms with Gasteiger partial charge in [-0.05, 0) is 65.8 Å². The van der Waals surface area contributed by atoms with Gasteiger partial charge in [-0.1, -0.05) is 11.8 Å². The van der Waals surface area contributed by atoms with Crippen molar-refractivity contribution < 1.29 is 19.1 Å². The predicted octanol–water partition coefficient (Wildman–Crippen LogP) is 5.05. The molecule has 2 amide bonds. The first-order valence-electron chi connectivity index (χ1n) is 9.86. The zero-order chi connectivity index (χ0) is 23.9. The molecule has 0 aliphatic carbocycles. The molecule has 0 spiro atoms. The lowest BCUT2D eigenvalue weighted by Crippen LogP contribution is -2.27. The minimum absolute atomic E-state index is 0.391. The van der Waals surface area contributed by atoms with Gasteiger partial charge in [-0.25, -0.2) is 9.59 Å². The van der Waals surface area contributed by atoms with Gasteiger partial charge in [-0.15, -0.1) is 0 Å². The van der Waals surface area contributed by atoms with E-state index in [-0.39, 0.29) is 0 Å². The van der Waals surface area contributed by atoms with Crippen molar-refractivity contribution in [1.82, 2.24) is 4.98 Å². The Labute approximate surface area is 187 Å². The topological polar surface area (TPSA) is 113 Å². The van der Waals surface area contributed by atoms with Crippen molar-refractivity contribution >= 4 is 23.6 Å². The van der Waals surface area contributed by atoms with Crippen molar-refractivity contribution in [2.75, 3.05) is 10.6 Å². The third-order valence-electron chi connectivity index (χ3n) is 3.51. The fourth-order valence-electron chi connectivity index (χ4n) is 2.38. The number of nitrogens with zero attached hydrogens (tertiary/aromatic N) is 2. The van der Waals surface area contributed by atoms with E-state index in [1.807, 2.05) is 6.07 Å². The van der Waals surface area contributed by atoms with E-state index in [1.165, 1.54) is 12.4 Å². The van der Waals surface area contributed by atoms with Gasteiger partial charge in [0.25, 0.3) is 0 Å². The number of pyridine rings is 1. The van der Waals surface area contributed by atoms with Crippen LogP contribution < -0.4 is 10.6 Å². The van der Waals surface area contributed by atoms with E-state index in [0.29, 0.717) is 28.1 Å². The summed E-state index contributed by atoms with van der Waals surface area (Å²) in [5.74, 6) is 5.87. The van der Waals surface area contributed by atoms with Gasteiger partial charge < -0.3 is 9.47 Å². The molecule has 0 fully saturated rings. The number of carbonyl (C=O) groups is 2. The van der Waals surface area contributed by atoms with Crippen LogP contribution in [-0.2, 0) is 9.47 Å². The Bertz CT molecular complexity index is 1110. The molecule has 0 aliphatic heterocycles. The minimum atomic E-state index is -0.657. The SMILES string of the molecule is CC(C)(C)OC(=O)Nc1cncc(C#Cc2cc(C#N)ccc2NC(=O)OC(C)(C)C)c1. The number of rotatable bonds is 2. The number of hydrogen-bond donors (Lipinski definition) is 2. The molecule has 2 rings (SSSR count). The molecule has 2 aromatic rings. The number of amides is 2. The predicted molar refractivity (Wildman–Crippen MR) is 121 cm³/mol. The van der Waals surface area contributed by atoms with Crippen LogP contribution in [0, 0.1) is 23.2 Å². The van der Waals surface area contributed by atoms with Gasteiger partial charge in [0.1, 0.15) is 11.2 Å². The van der Waals surface area contributed by atoms with Crippen LogP contribution in [0.4, 0.5) is 21.0 Å². The Hall–Kier alpha value is -4.04. The number of nitriles is 1. The van der Waals surface area contributed by atoms with Gasteiger partial charge >= 0.3 is 12.2 Å². The average molecular weight is 434 g/mol. The van der Waals surface area contributed by atoms with Crippen molar-refractivity contribution in [3.05, 3.63) is 53.3 Å². The first kappa shape index (κ1) is 24.2. The van der Waals surface area contributed by atoms with Gasteiger partial charge in [-0.2, -0.15) is 5.26 Å². The number of hydrogen-bond acceptors (Lipinski definition) is 6. The summed E-state index contributed by atoms with van der Waals surface area (Å²) in [5, 5.41) is 14.5. The summed E-state index contributed by atoms with van der Waals surface area (Å²) in [4.78, 5) is 28.2. The van der Waals surface area contributed by atoms with Crippen molar-refractivity contribution in [2.24, 2.45) is 0 Å². The second kappa shape index (κ2) is 9.84. The summed E-state index contributed by atoms with van der Waals surface area (Å²) in [6.07, 6.45) is 1.77. The van der Waals surface area contributed by atoms with E-state index < -0.39 is 23.4 Å². The second-order valence-electron chi connectivity index (χ2n) is 8.84. The Morgan fingerprint density at radius 1 is 0.875 bits per heavy atom. The Morgan fingerprint density at radius 2 is 1.50 bits per heavy atom. The van der Waals surface area contributed by atoms with Crippen LogP contribution >= 0.6 is 0 Å². The summed E-state index contributed by atoms with van der Waals surface area (Å²) in [6.45, 7) is 10.6. The lowest BCUT2D eigenvalue weighted by molar-refractivity contribution is 0.0624. The van der Waals surface area contributed by atoms with Crippen LogP contribution in [-0.4, -0.2) is 28.4 Å². The summed E-state index contributed by atoms with van der Waals surface area (Å²) >= 11 is 0. The maximum Gasteiger partial charge on any atom is 0.412 e. The quantitative estimate of drug-likeness (QED) is 0.640. The average Bonchev–Trinajstić information content (AvgIpc) is 2.64. The highest BCUT2D eigenvalue weighted by Crippen LogP contribution is 2.19. The molecule has 0 saturated heterocycles. The molecule has 0 radical (unpaired) electrons. The Balaban J connectivity index is 2.26.